The van der Waals surface area contributed by atoms with E-state index in [0.717, 1.165) is 10.6 Å². The molecule has 0 spiro atoms. The van der Waals surface area contributed by atoms with Gasteiger partial charge in [0, 0.05) is 6.07 Å². The normalized spacial score (nSPS) is 15.2. The standard InChI is InChI=1S/C15H9ClN4O5/c16-7-1-5(2-8-12(7)25-4-9(21)18-8)20-10(22)3-6-11(13(20)17)15(24)19-14(6)23/h1-3H,4,17H2,(H,18,21)(H,19,23,24). The minimum atomic E-state index is -0.688. The van der Waals surface area contributed by atoms with Crippen LogP contribution in [0.2, 0.25) is 5.02 Å². The van der Waals surface area contributed by atoms with Crippen molar-refractivity contribution in [3.63, 3.8) is 0 Å². The summed E-state index contributed by atoms with van der Waals surface area (Å²) < 4.78 is 6.28. The number of nitrogens with one attached hydrogen (secondary N) is 2. The number of carbonyl (C=O) groups excluding carboxylic acids is 3. The molecule has 3 heterocycles. The average molecular weight is 361 g/mol. The van der Waals surface area contributed by atoms with E-state index < -0.39 is 17.4 Å². The molecule has 126 valence electrons. The van der Waals surface area contributed by atoms with E-state index in [2.05, 4.69) is 10.6 Å². The summed E-state index contributed by atoms with van der Waals surface area (Å²) in [7, 11) is 0. The van der Waals surface area contributed by atoms with Crippen molar-refractivity contribution < 1.29 is 19.1 Å². The van der Waals surface area contributed by atoms with Gasteiger partial charge in [-0.15, -0.1) is 0 Å². The molecular weight excluding hydrogens is 352 g/mol. The summed E-state index contributed by atoms with van der Waals surface area (Å²) in [4.78, 5) is 47.5. The Hall–Kier alpha value is -3.33. The largest absolute Gasteiger partial charge is 0.480 e. The van der Waals surface area contributed by atoms with Crippen molar-refractivity contribution in [3.8, 4) is 11.4 Å². The third-order valence-corrected chi connectivity index (χ3v) is 4.14. The summed E-state index contributed by atoms with van der Waals surface area (Å²) in [6.07, 6.45) is 0. The number of carbonyl (C=O) groups is 3. The SMILES string of the molecule is Nc1c2c(cc(=O)n1-c1cc(Cl)c3c(c1)NC(=O)CO3)C(=O)NC2=O. The van der Waals surface area contributed by atoms with Crippen LogP contribution in [-0.4, -0.2) is 28.9 Å². The number of fused-ring (bicyclic) bond motifs is 2. The van der Waals surface area contributed by atoms with Crippen molar-refractivity contribution in [1.29, 1.82) is 0 Å². The van der Waals surface area contributed by atoms with E-state index in [4.69, 9.17) is 22.1 Å². The summed E-state index contributed by atoms with van der Waals surface area (Å²) >= 11 is 6.15. The molecule has 2 aliphatic rings. The van der Waals surface area contributed by atoms with Crippen molar-refractivity contribution in [2.75, 3.05) is 17.7 Å². The third kappa shape index (κ3) is 2.17. The molecule has 4 rings (SSSR count). The molecule has 10 heteroatoms. The van der Waals surface area contributed by atoms with Gasteiger partial charge < -0.3 is 15.8 Å². The molecule has 2 aromatic rings. The fraction of sp³-hybridized carbons (Fsp3) is 0.0667. The average Bonchev–Trinajstić information content (AvgIpc) is 2.81. The molecular formula is C15H9ClN4O5. The molecule has 0 bridgehead atoms. The van der Waals surface area contributed by atoms with Gasteiger partial charge in [-0.3, -0.25) is 29.1 Å². The van der Waals surface area contributed by atoms with Gasteiger partial charge in [-0.2, -0.15) is 0 Å². The van der Waals surface area contributed by atoms with E-state index in [9.17, 15) is 19.2 Å². The number of ether oxygens (including phenoxy) is 1. The third-order valence-electron chi connectivity index (χ3n) is 3.86. The van der Waals surface area contributed by atoms with Gasteiger partial charge in [0.15, 0.2) is 12.4 Å². The van der Waals surface area contributed by atoms with Crippen molar-refractivity contribution in [1.82, 2.24) is 9.88 Å². The van der Waals surface area contributed by atoms with E-state index in [-0.39, 0.29) is 51.6 Å². The van der Waals surface area contributed by atoms with E-state index in [1.54, 1.807) is 0 Å². The van der Waals surface area contributed by atoms with Gasteiger partial charge in [0.05, 0.1) is 27.5 Å². The van der Waals surface area contributed by atoms with Crippen LogP contribution in [0.3, 0.4) is 0 Å². The number of aromatic nitrogens is 1. The Labute approximate surface area is 144 Å². The number of anilines is 2. The molecule has 4 N–H and O–H groups in total. The molecule has 0 radical (unpaired) electrons. The van der Waals surface area contributed by atoms with Crippen LogP contribution in [0.1, 0.15) is 20.7 Å². The van der Waals surface area contributed by atoms with Gasteiger partial charge in [0.25, 0.3) is 23.3 Å². The first kappa shape index (κ1) is 15.2. The fourth-order valence-electron chi connectivity index (χ4n) is 2.82. The van der Waals surface area contributed by atoms with Crippen LogP contribution in [-0.2, 0) is 4.79 Å². The zero-order valence-corrected chi connectivity index (χ0v) is 13.1. The van der Waals surface area contributed by atoms with Gasteiger partial charge in [0.1, 0.15) is 5.82 Å². The summed E-state index contributed by atoms with van der Waals surface area (Å²) in [6, 6.07) is 3.88. The topological polar surface area (TPSA) is 133 Å². The predicted molar refractivity (Wildman–Crippen MR) is 87.4 cm³/mol. The number of amides is 3. The molecule has 0 saturated heterocycles. The van der Waals surface area contributed by atoms with Crippen LogP contribution < -0.4 is 26.7 Å². The van der Waals surface area contributed by atoms with E-state index >= 15 is 0 Å². The maximum Gasteiger partial charge on any atom is 0.262 e. The quantitative estimate of drug-likeness (QED) is 0.626. The van der Waals surface area contributed by atoms with Crippen molar-refractivity contribution in [3.05, 3.63) is 44.7 Å². The van der Waals surface area contributed by atoms with Crippen LogP contribution >= 0.6 is 11.6 Å². The van der Waals surface area contributed by atoms with E-state index in [0.29, 0.717) is 0 Å². The maximum absolute atomic E-state index is 12.4. The number of hydrogen-bond donors (Lipinski definition) is 3. The summed E-state index contributed by atoms with van der Waals surface area (Å²) in [6.45, 7) is -0.171. The number of benzene rings is 1. The zero-order chi connectivity index (χ0) is 17.9. The van der Waals surface area contributed by atoms with Crippen LogP contribution in [0.5, 0.6) is 5.75 Å². The number of halogens is 1. The predicted octanol–water partition coefficient (Wildman–Crippen LogP) is 0.288. The molecule has 1 aromatic carbocycles. The van der Waals surface area contributed by atoms with Crippen molar-refractivity contribution in [2.24, 2.45) is 0 Å². The van der Waals surface area contributed by atoms with Crippen molar-refractivity contribution >= 4 is 40.8 Å². The number of hydrogen-bond acceptors (Lipinski definition) is 6. The lowest BCUT2D eigenvalue weighted by molar-refractivity contribution is -0.118. The smallest absolute Gasteiger partial charge is 0.262 e. The molecule has 3 amide bonds. The maximum atomic E-state index is 12.4. The minimum absolute atomic E-state index is 0.0792. The number of nitrogens with zero attached hydrogens (tertiary/aromatic N) is 1. The number of imide groups is 1. The highest BCUT2D eigenvalue weighted by Gasteiger charge is 2.32. The lowest BCUT2D eigenvalue weighted by atomic mass is 10.1. The number of pyridine rings is 1. The fourth-order valence-corrected chi connectivity index (χ4v) is 3.09. The summed E-state index contributed by atoms with van der Waals surface area (Å²) in [5.41, 5.74) is 5.66. The van der Waals surface area contributed by atoms with Crippen LogP contribution in [0.15, 0.2) is 23.0 Å². The first-order chi connectivity index (χ1) is 11.9. The van der Waals surface area contributed by atoms with Gasteiger partial charge in [-0.05, 0) is 12.1 Å². The molecule has 0 aliphatic carbocycles. The Morgan fingerprint density at radius 3 is 2.60 bits per heavy atom. The molecule has 1 aromatic heterocycles. The van der Waals surface area contributed by atoms with Gasteiger partial charge in [-0.25, -0.2) is 0 Å². The molecule has 0 unspecified atom stereocenters. The second kappa shape index (κ2) is 5.08. The van der Waals surface area contributed by atoms with E-state index in [1.165, 1.54) is 12.1 Å². The molecule has 9 nitrogen and oxygen atoms in total. The molecule has 0 saturated carbocycles. The molecule has 2 aliphatic heterocycles. The Morgan fingerprint density at radius 2 is 1.84 bits per heavy atom. The van der Waals surface area contributed by atoms with E-state index in [1.807, 2.05) is 0 Å². The van der Waals surface area contributed by atoms with Crippen molar-refractivity contribution in [2.45, 2.75) is 0 Å². The number of nitrogen functional groups attached to an aromatic ring is 1. The highest BCUT2D eigenvalue weighted by Crippen LogP contribution is 2.38. The zero-order valence-electron chi connectivity index (χ0n) is 12.4. The van der Waals surface area contributed by atoms with Crippen LogP contribution in [0.25, 0.3) is 5.69 Å². The Balaban J connectivity index is 1.97. The van der Waals surface area contributed by atoms with Crippen LogP contribution in [0.4, 0.5) is 11.5 Å². The Bertz CT molecular complexity index is 1060. The molecule has 0 atom stereocenters. The highest BCUT2D eigenvalue weighted by atomic mass is 35.5. The first-order valence-electron chi connectivity index (χ1n) is 7.04. The number of rotatable bonds is 1. The minimum Gasteiger partial charge on any atom is -0.480 e. The lowest BCUT2D eigenvalue weighted by Gasteiger charge is -2.21. The van der Waals surface area contributed by atoms with Gasteiger partial charge >= 0.3 is 0 Å². The first-order valence-corrected chi connectivity index (χ1v) is 7.42. The lowest BCUT2D eigenvalue weighted by Crippen LogP contribution is -2.27. The summed E-state index contributed by atoms with van der Waals surface area (Å²) in [5, 5.41) is 4.82. The van der Waals surface area contributed by atoms with Gasteiger partial charge in [-0.1, -0.05) is 11.6 Å². The monoisotopic (exact) mass is 360 g/mol. The molecule has 0 fully saturated rings. The Kier molecular flexibility index (Phi) is 3.09. The molecule has 25 heavy (non-hydrogen) atoms. The Morgan fingerprint density at radius 1 is 1.08 bits per heavy atom. The second-order valence-electron chi connectivity index (χ2n) is 5.42. The second-order valence-corrected chi connectivity index (χ2v) is 5.82. The summed E-state index contributed by atoms with van der Waals surface area (Å²) in [5.74, 6) is -1.68. The van der Waals surface area contributed by atoms with Crippen LogP contribution in [0, 0.1) is 0 Å². The number of nitrogens with two attached hydrogens (primary N) is 1. The highest BCUT2D eigenvalue weighted by molar-refractivity contribution is 6.33. The van der Waals surface area contributed by atoms with Gasteiger partial charge in [0.2, 0.25) is 0 Å².